The Kier molecular flexibility index (Phi) is 5.60. The zero-order valence-corrected chi connectivity index (χ0v) is 15.6. The molecule has 8 nitrogen and oxygen atoms in total. The lowest BCUT2D eigenvalue weighted by Gasteiger charge is -2.28. The maximum absolute atomic E-state index is 13.5. The zero-order chi connectivity index (χ0) is 21.2. The molecule has 0 bridgehead atoms. The van der Waals surface area contributed by atoms with E-state index in [0.717, 1.165) is 26.4 Å². The SMILES string of the molecule is COC(=O)C1(C(=O)OC)O[C@H](c2ccccc2)[C@H]([N+](=O)[O-])[C@H]1c1ccc(F)cc1. The van der Waals surface area contributed by atoms with Gasteiger partial charge in [0, 0.05) is 4.92 Å². The Balaban J connectivity index is 2.28. The summed E-state index contributed by atoms with van der Waals surface area (Å²) in [6.07, 6.45) is -1.25. The molecule has 1 heterocycles. The number of esters is 2. The van der Waals surface area contributed by atoms with Crippen molar-refractivity contribution in [2.24, 2.45) is 0 Å². The molecule has 1 fully saturated rings. The molecule has 0 saturated carbocycles. The normalized spacial score (nSPS) is 22.7. The van der Waals surface area contributed by atoms with Gasteiger partial charge in [-0.05, 0) is 23.3 Å². The molecule has 0 amide bonds. The molecule has 0 unspecified atom stereocenters. The lowest BCUT2D eigenvalue weighted by Crippen LogP contribution is -2.53. The van der Waals surface area contributed by atoms with Crippen molar-refractivity contribution in [3.05, 3.63) is 81.7 Å². The van der Waals surface area contributed by atoms with Crippen molar-refractivity contribution >= 4 is 11.9 Å². The maximum Gasteiger partial charge on any atom is 0.351 e. The van der Waals surface area contributed by atoms with Crippen LogP contribution in [0.1, 0.15) is 23.1 Å². The van der Waals surface area contributed by atoms with Crippen molar-refractivity contribution < 1.29 is 33.1 Å². The predicted octanol–water partition coefficient (Wildman–Crippen LogP) is 2.41. The van der Waals surface area contributed by atoms with Crippen molar-refractivity contribution in [2.45, 2.75) is 23.7 Å². The summed E-state index contributed by atoms with van der Waals surface area (Å²) >= 11 is 0. The number of nitrogens with zero attached hydrogens (tertiary/aromatic N) is 1. The van der Waals surface area contributed by atoms with Gasteiger partial charge in [0.15, 0.2) is 6.10 Å². The van der Waals surface area contributed by atoms with E-state index in [1.807, 2.05) is 0 Å². The highest BCUT2D eigenvalue weighted by atomic mass is 19.1. The number of hydrogen-bond donors (Lipinski definition) is 0. The van der Waals surface area contributed by atoms with Gasteiger partial charge in [0.05, 0.1) is 14.2 Å². The topological polar surface area (TPSA) is 105 Å². The number of rotatable bonds is 5. The van der Waals surface area contributed by atoms with Gasteiger partial charge in [0.25, 0.3) is 11.6 Å². The Labute approximate surface area is 165 Å². The highest BCUT2D eigenvalue weighted by molar-refractivity contribution is 6.05. The summed E-state index contributed by atoms with van der Waals surface area (Å²) in [7, 11) is 2.07. The van der Waals surface area contributed by atoms with Gasteiger partial charge in [0.1, 0.15) is 11.7 Å². The second-order valence-electron chi connectivity index (χ2n) is 6.47. The molecule has 0 aliphatic carbocycles. The average Bonchev–Trinajstić information content (AvgIpc) is 3.11. The third-order valence-electron chi connectivity index (χ3n) is 4.98. The summed E-state index contributed by atoms with van der Waals surface area (Å²) < 4.78 is 28.9. The number of methoxy groups -OCH3 is 2. The number of halogens is 1. The zero-order valence-electron chi connectivity index (χ0n) is 15.6. The van der Waals surface area contributed by atoms with Gasteiger partial charge in [0.2, 0.25) is 0 Å². The van der Waals surface area contributed by atoms with Gasteiger partial charge < -0.3 is 14.2 Å². The van der Waals surface area contributed by atoms with Gasteiger partial charge in [-0.2, -0.15) is 0 Å². The minimum Gasteiger partial charge on any atom is -0.466 e. The first-order valence-corrected chi connectivity index (χ1v) is 8.65. The van der Waals surface area contributed by atoms with Gasteiger partial charge in [-0.25, -0.2) is 14.0 Å². The molecule has 3 rings (SSSR count). The van der Waals surface area contributed by atoms with E-state index < -0.39 is 46.3 Å². The first-order chi connectivity index (χ1) is 13.9. The largest absolute Gasteiger partial charge is 0.466 e. The van der Waals surface area contributed by atoms with Crippen LogP contribution in [-0.2, 0) is 23.8 Å². The number of carbonyl (C=O) groups excluding carboxylic acids is 2. The van der Waals surface area contributed by atoms with Crippen LogP contribution >= 0.6 is 0 Å². The minimum absolute atomic E-state index is 0.169. The molecule has 1 aliphatic heterocycles. The van der Waals surface area contributed by atoms with Crippen LogP contribution in [0.5, 0.6) is 0 Å². The van der Waals surface area contributed by atoms with E-state index in [0.29, 0.717) is 5.56 Å². The van der Waals surface area contributed by atoms with Crippen LogP contribution in [0.2, 0.25) is 0 Å². The Hall–Kier alpha value is -3.33. The third-order valence-corrected chi connectivity index (χ3v) is 4.98. The van der Waals surface area contributed by atoms with Gasteiger partial charge >= 0.3 is 11.9 Å². The summed E-state index contributed by atoms with van der Waals surface area (Å²) in [5.41, 5.74) is -1.86. The summed E-state index contributed by atoms with van der Waals surface area (Å²) in [4.78, 5) is 37.1. The van der Waals surface area contributed by atoms with Crippen molar-refractivity contribution in [3.8, 4) is 0 Å². The Morgan fingerprint density at radius 2 is 1.55 bits per heavy atom. The molecule has 0 spiro atoms. The molecule has 2 aromatic carbocycles. The fourth-order valence-electron chi connectivity index (χ4n) is 3.74. The van der Waals surface area contributed by atoms with Crippen molar-refractivity contribution in [2.75, 3.05) is 14.2 Å². The first-order valence-electron chi connectivity index (χ1n) is 8.65. The Bertz CT molecular complexity index is 900. The molecule has 9 heteroatoms. The van der Waals surface area contributed by atoms with Crippen LogP contribution in [0.4, 0.5) is 4.39 Å². The molecule has 2 aromatic rings. The molecule has 0 radical (unpaired) electrons. The smallest absolute Gasteiger partial charge is 0.351 e. The molecule has 29 heavy (non-hydrogen) atoms. The van der Waals surface area contributed by atoms with E-state index in [4.69, 9.17) is 14.2 Å². The fourth-order valence-corrected chi connectivity index (χ4v) is 3.74. The second-order valence-corrected chi connectivity index (χ2v) is 6.47. The number of carbonyl (C=O) groups is 2. The summed E-state index contributed by atoms with van der Waals surface area (Å²) in [5.74, 6) is -4.26. The first kappa shape index (κ1) is 20.4. The summed E-state index contributed by atoms with van der Waals surface area (Å²) in [6.45, 7) is 0. The molecule has 1 aliphatic rings. The van der Waals surface area contributed by atoms with Crippen LogP contribution in [0.15, 0.2) is 54.6 Å². The third kappa shape index (κ3) is 3.33. The molecular weight excluding hydrogens is 385 g/mol. The number of nitro groups is 1. The molecule has 3 atom stereocenters. The fraction of sp³-hybridized carbons (Fsp3) is 0.300. The Morgan fingerprint density at radius 1 is 1.00 bits per heavy atom. The highest BCUT2D eigenvalue weighted by Crippen LogP contribution is 2.51. The molecular formula is C20H18FNO7. The van der Waals surface area contributed by atoms with Crippen LogP contribution in [0, 0.1) is 15.9 Å². The Morgan fingerprint density at radius 3 is 2.03 bits per heavy atom. The van der Waals surface area contributed by atoms with Gasteiger partial charge in [-0.3, -0.25) is 10.1 Å². The van der Waals surface area contributed by atoms with Gasteiger partial charge in [-0.1, -0.05) is 42.5 Å². The lowest BCUT2D eigenvalue weighted by atomic mass is 9.77. The van der Waals surface area contributed by atoms with E-state index in [9.17, 15) is 24.1 Å². The summed E-state index contributed by atoms with van der Waals surface area (Å²) in [6, 6.07) is 11.4. The standard InChI is InChI=1S/C20H18FNO7/c1-27-18(23)20(19(24)28-2)15(12-8-10-14(21)11-9-12)16(22(25)26)17(29-20)13-6-4-3-5-7-13/h3-11,15-17H,1-2H3/t15-,16-,17-/m1/s1. The van der Waals surface area contributed by atoms with E-state index >= 15 is 0 Å². The van der Waals surface area contributed by atoms with Gasteiger partial charge in [-0.15, -0.1) is 0 Å². The molecule has 152 valence electrons. The molecule has 0 aromatic heterocycles. The quantitative estimate of drug-likeness (QED) is 0.327. The minimum atomic E-state index is -2.43. The van der Waals surface area contributed by atoms with Crippen LogP contribution < -0.4 is 0 Å². The van der Waals surface area contributed by atoms with Crippen LogP contribution in [0.25, 0.3) is 0 Å². The average molecular weight is 403 g/mol. The van der Waals surface area contributed by atoms with Crippen molar-refractivity contribution in [1.82, 2.24) is 0 Å². The maximum atomic E-state index is 13.5. The van der Waals surface area contributed by atoms with E-state index in [-0.39, 0.29) is 5.56 Å². The van der Waals surface area contributed by atoms with Crippen molar-refractivity contribution in [3.63, 3.8) is 0 Å². The summed E-state index contributed by atoms with van der Waals surface area (Å²) in [5, 5.41) is 12.1. The van der Waals surface area contributed by atoms with Crippen LogP contribution in [0.3, 0.4) is 0 Å². The second kappa shape index (κ2) is 7.96. The lowest BCUT2D eigenvalue weighted by molar-refractivity contribution is -0.531. The molecule has 1 saturated heterocycles. The predicted molar refractivity (Wildman–Crippen MR) is 97.0 cm³/mol. The van der Waals surface area contributed by atoms with Crippen molar-refractivity contribution in [1.29, 1.82) is 0 Å². The van der Waals surface area contributed by atoms with E-state index in [1.54, 1.807) is 30.3 Å². The molecule has 0 N–H and O–H groups in total. The van der Waals surface area contributed by atoms with Crippen LogP contribution in [-0.4, -0.2) is 42.7 Å². The number of benzene rings is 2. The number of hydrogen-bond acceptors (Lipinski definition) is 7. The monoisotopic (exact) mass is 403 g/mol. The van der Waals surface area contributed by atoms with E-state index in [1.165, 1.54) is 12.1 Å². The number of ether oxygens (including phenoxy) is 3. The van der Waals surface area contributed by atoms with E-state index in [2.05, 4.69) is 0 Å². The highest BCUT2D eigenvalue weighted by Gasteiger charge is 2.71.